The minimum Gasteiger partial charge on any atom is -0.495 e. The molecular weight excluding hydrogens is 265 g/mol. The fourth-order valence-electron chi connectivity index (χ4n) is 1.58. The minimum atomic E-state index is -3.66. The molecule has 0 aromatic heterocycles. The molecule has 0 aliphatic carbocycles. The van der Waals surface area contributed by atoms with Gasteiger partial charge < -0.3 is 4.74 Å². The smallest absolute Gasteiger partial charge is 0.247 e. The van der Waals surface area contributed by atoms with Crippen molar-refractivity contribution in [3.63, 3.8) is 0 Å². The van der Waals surface area contributed by atoms with E-state index < -0.39 is 15.8 Å². The van der Waals surface area contributed by atoms with Crippen LogP contribution in [0.15, 0.2) is 23.1 Å². The van der Waals surface area contributed by atoms with Gasteiger partial charge in [-0.15, -0.1) is 11.8 Å². The molecule has 0 saturated carbocycles. The molecule has 1 aliphatic heterocycles. The Balaban J connectivity index is 2.47. The van der Waals surface area contributed by atoms with Gasteiger partial charge in [-0.25, -0.2) is 12.8 Å². The van der Waals surface area contributed by atoms with Crippen molar-refractivity contribution in [3.05, 3.63) is 24.0 Å². The first-order chi connectivity index (χ1) is 8.05. The SMILES string of the molecule is COc1ccc(F)cc1S(=O)(=O)N1CCSC1. The standard InChI is InChI=1S/C10H12FNO3S2/c1-15-9-3-2-8(11)6-10(9)17(13,14)12-4-5-16-7-12/h2-3,6H,4-5,7H2,1H3. The molecule has 1 heterocycles. The summed E-state index contributed by atoms with van der Waals surface area (Å²) in [5.74, 6) is 0.748. The van der Waals surface area contributed by atoms with E-state index in [1.54, 1.807) is 0 Å². The fourth-order valence-corrected chi connectivity index (χ4v) is 4.56. The average Bonchev–Trinajstić information content (AvgIpc) is 2.83. The van der Waals surface area contributed by atoms with Crippen molar-refractivity contribution in [2.75, 3.05) is 25.3 Å². The molecule has 0 atom stereocenters. The van der Waals surface area contributed by atoms with Crippen molar-refractivity contribution in [2.24, 2.45) is 0 Å². The number of rotatable bonds is 3. The molecule has 1 aliphatic rings. The monoisotopic (exact) mass is 277 g/mol. The summed E-state index contributed by atoms with van der Waals surface area (Å²) in [5, 5.41) is 0. The van der Waals surface area contributed by atoms with Crippen LogP contribution >= 0.6 is 11.8 Å². The molecule has 0 unspecified atom stereocenters. The summed E-state index contributed by atoms with van der Waals surface area (Å²) in [4.78, 5) is -0.109. The van der Waals surface area contributed by atoms with Gasteiger partial charge in [0.25, 0.3) is 0 Å². The number of ether oxygens (including phenoxy) is 1. The summed E-state index contributed by atoms with van der Waals surface area (Å²) >= 11 is 1.53. The van der Waals surface area contributed by atoms with Gasteiger partial charge in [-0.2, -0.15) is 4.31 Å². The van der Waals surface area contributed by atoms with E-state index in [9.17, 15) is 12.8 Å². The van der Waals surface area contributed by atoms with E-state index in [4.69, 9.17) is 4.74 Å². The Kier molecular flexibility index (Phi) is 3.60. The molecule has 1 saturated heterocycles. The van der Waals surface area contributed by atoms with Crippen LogP contribution in [-0.4, -0.2) is 38.0 Å². The lowest BCUT2D eigenvalue weighted by molar-refractivity contribution is 0.397. The minimum absolute atomic E-state index is 0.109. The highest BCUT2D eigenvalue weighted by atomic mass is 32.2. The van der Waals surface area contributed by atoms with Crippen molar-refractivity contribution in [2.45, 2.75) is 4.90 Å². The molecule has 1 aromatic rings. The van der Waals surface area contributed by atoms with Crippen LogP contribution in [0, 0.1) is 5.82 Å². The molecule has 0 N–H and O–H groups in total. The molecule has 17 heavy (non-hydrogen) atoms. The second-order valence-corrected chi connectivity index (χ2v) is 6.49. The summed E-state index contributed by atoms with van der Waals surface area (Å²) in [5.41, 5.74) is 0. The zero-order valence-electron chi connectivity index (χ0n) is 9.22. The third-order valence-corrected chi connectivity index (χ3v) is 5.46. The summed E-state index contributed by atoms with van der Waals surface area (Å²) < 4.78 is 43.9. The van der Waals surface area contributed by atoms with Crippen LogP contribution in [0.3, 0.4) is 0 Å². The maximum absolute atomic E-state index is 13.2. The second-order valence-electron chi connectivity index (χ2n) is 3.51. The van der Waals surface area contributed by atoms with Crippen molar-refractivity contribution in [3.8, 4) is 5.75 Å². The van der Waals surface area contributed by atoms with Crippen molar-refractivity contribution >= 4 is 21.8 Å². The maximum Gasteiger partial charge on any atom is 0.247 e. The van der Waals surface area contributed by atoms with Crippen LogP contribution < -0.4 is 4.74 Å². The molecule has 0 bridgehead atoms. The van der Waals surface area contributed by atoms with Gasteiger partial charge in [-0.1, -0.05) is 0 Å². The van der Waals surface area contributed by atoms with Crippen molar-refractivity contribution < 1.29 is 17.5 Å². The molecule has 0 radical (unpaired) electrons. The van der Waals surface area contributed by atoms with Gasteiger partial charge in [0, 0.05) is 12.3 Å². The van der Waals surface area contributed by atoms with Gasteiger partial charge in [0.15, 0.2) is 0 Å². The van der Waals surface area contributed by atoms with E-state index >= 15 is 0 Å². The lowest BCUT2D eigenvalue weighted by Gasteiger charge is -2.16. The quantitative estimate of drug-likeness (QED) is 0.840. The lowest BCUT2D eigenvalue weighted by atomic mass is 10.3. The predicted molar refractivity (Wildman–Crippen MR) is 64.2 cm³/mol. The third kappa shape index (κ3) is 2.41. The summed E-state index contributed by atoms with van der Waals surface area (Å²) in [6.45, 7) is 0.451. The highest BCUT2D eigenvalue weighted by Gasteiger charge is 2.30. The first kappa shape index (κ1) is 12.7. The van der Waals surface area contributed by atoms with Crippen LogP contribution in [0.1, 0.15) is 0 Å². The molecule has 7 heteroatoms. The number of hydrogen-bond donors (Lipinski definition) is 0. The molecule has 4 nitrogen and oxygen atoms in total. The van der Waals surface area contributed by atoms with Crippen molar-refractivity contribution in [1.82, 2.24) is 4.31 Å². The Bertz CT molecular complexity index is 512. The average molecular weight is 277 g/mol. The normalized spacial score (nSPS) is 17.3. The van der Waals surface area contributed by atoms with E-state index in [2.05, 4.69) is 0 Å². The van der Waals surface area contributed by atoms with Gasteiger partial charge >= 0.3 is 0 Å². The van der Waals surface area contributed by atoms with Gasteiger partial charge in [0.05, 0.1) is 13.0 Å². The summed E-state index contributed by atoms with van der Waals surface area (Å²) in [6.07, 6.45) is 0. The Morgan fingerprint density at radius 2 is 2.24 bits per heavy atom. The Morgan fingerprint density at radius 1 is 1.47 bits per heavy atom. The van der Waals surface area contributed by atoms with Crippen molar-refractivity contribution in [1.29, 1.82) is 0 Å². The number of methoxy groups -OCH3 is 1. The fraction of sp³-hybridized carbons (Fsp3) is 0.400. The molecular formula is C10H12FNO3S2. The van der Waals surface area contributed by atoms with Crippen LogP contribution in [-0.2, 0) is 10.0 Å². The number of thioether (sulfide) groups is 1. The van der Waals surface area contributed by atoms with Crippen LogP contribution in [0.4, 0.5) is 4.39 Å². The Labute approximate surface area is 104 Å². The van der Waals surface area contributed by atoms with Crippen LogP contribution in [0.25, 0.3) is 0 Å². The maximum atomic E-state index is 13.2. The molecule has 94 valence electrons. The molecule has 1 fully saturated rings. The summed E-state index contributed by atoms with van der Waals surface area (Å²) in [6, 6.07) is 3.50. The predicted octanol–water partition coefficient (Wildman–Crippen LogP) is 1.53. The molecule has 0 spiro atoms. The van der Waals surface area contributed by atoms with Gasteiger partial charge in [-0.05, 0) is 18.2 Å². The van der Waals surface area contributed by atoms with E-state index in [-0.39, 0.29) is 10.6 Å². The van der Waals surface area contributed by atoms with E-state index in [1.807, 2.05) is 0 Å². The Hall–Kier alpha value is -0.790. The number of sulfonamides is 1. The molecule has 0 amide bonds. The lowest BCUT2D eigenvalue weighted by Crippen LogP contribution is -2.28. The molecule has 2 rings (SSSR count). The van der Waals surface area contributed by atoms with E-state index in [1.165, 1.54) is 35.3 Å². The number of nitrogens with zero attached hydrogens (tertiary/aromatic N) is 1. The van der Waals surface area contributed by atoms with Gasteiger partial charge in [0.1, 0.15) is 16.5 Å². The van der Waals surface area contributed by atoms with Crippen LogP contribution in [0.2, 0.25) is 0 Å². The zero-order valence-corrected chi connectivity index (χ0v) is 10.9. The third-order valence-electron chi connectivity index (χ3n) is 2.46. The number of benzene rings is 1. The Morgan fingerprint density at radius 3 is 2.82 bits per heavy atom. The molecule has 1 aromatic carbocycles. The topological polar surface area (TPSA) is 46.6 Å². The van der Waals surface area contributed by atoms with Gasteiger partial charge in [0.2, 0.25) is 10.0 Å². The number of hydrogen-bond acceptors (Lipinski definition) is 4. The second kappa shape index (κ2) is 4.83. The van der Waals surface area contributed by atoms with Crippen LogP contribution in [0.5, 0.6) is 5.75 Å². The highest BCUT2D eigenvalue weighted by molar-refractivity contribution is 8.00. The number of halogens is 1. The first-order valence-corrected chi connectivity index (χ1v) is 7.56. The largest absolute Gasteiger partial charge is 0.495 e. The first-order valence-electron chi connectivity index (χ1n) is 4.97. The summed E-state index contributed by atoms with van der Waals surface area (Å²) in [7, 11) is -2.29. The highest BCUT2D eigenvalue weighted by Crippen LogP contribution is 2.30. The van der Waals surface area contributed by atoms with E-state index in [0.717, 1.165) is 11.8 Å². The van der Waals surface area contributed by atoms with Gasteiger partial charge in [-0.3, -0.25) is 0 Å². The van der Waals surface area contributed by atoms with E-state index in [0.29, 0.717) is 12.4 Å². The zero-order chi connectivity index (χ0) is 12.5.